The van der Waals surface area contributed by atoms with Crippen molar-refractivity contribution in [3.63, 3.8) is 0 Å². The summed E-state index contributed by atoms with van der Waals surface area (Å²) in [4.78, 5) is 24.8. The SMILES string of the molecule is COc1ccc2c(c1)[C@@H]1C[C@]1(C(N)=O)Cn1c-2c(C2CCCCC2)c2ccc(C(N)=O)cc21. The second-order valence-electron chi connectivity index (χ2n) is 10.0. The Morgan fingerprint density at radius 3 is 2.55 bits per heavy atom. The highest BCUT2D eigenvalue weighted by Gasteiger charge is 2.62. The lowest BCUT2D eigenvalue weighted by molar-refractivity contribution is -0.123. The zero-order valence-electron chi connectivity index (χ0n) is 18.9. The first-order valence-electron chi connectivity index (χ1n) is 11.9. The van der Waals surface area contributed by atoms with Crippen LogP contribution in [0, 0.1) is 5.41 Å². The van der Waals surface area contributed by atoms with Gasteiger partial charge in [-0.15, -0.1) is 0 Å². The lowest BCUT2D eigenvalue weighted by Gasteiger charge is -2.24. The van der Waals surface area contributed by atoms with Crippen molar-refractivity contribution in [2.75, 3.05) is 7.11 Å². The van der Waals surface area contributed by atoms with Crippen molar-refractivity contribution in [1.29, 1.82) is 0 Å². The topological polar surface area (TPSA) is 100 Å². The van der Waals surface area contributed by atoms with Gasteiger partial charge in [0.2, 0.25) is 11.8 Å². The molecule has 2 amide bonds. The van der Waals surface area contributed by atoms with Crippen LogP contribution in [0.15, 0.2) is 36.4 Å². The molecule has 3 aliphatic rings. The number of hydrogen-bond acceptors (Lipinski definition) is 3. The summed E-state index contributed by atoms with van der Waals surface area (Å²) in [5.41, 5.74) is 17.3. The minimum atomic E-state index is -0.620. The molecule has 2 heterocycles. The molecule has 6 rings (SSSR count). The second-order valence-corrected chi connectivity index (χ2v) is 10.0. The van der Waals surface area contributed by atoms with Crippen LogP contribution < -0.4 is 16.2 Å². The molecule has 3 aromatic rings. The van der Waals surface area contributed by atoms with Crippen molar-refractivity contribution >= 4 is 22.7 Å². The van der Waals surface area contributed by atoms with E-state index in [2.05, 4.69) is 16.7 Å². The molecular formula is C27H29N3O3. The number of nitrogens with two attached hydrogens (primary N) is 2. The number of benzene rings is 2. The molecule has 0 saturated heterocycles. The summed E-state index contributed by atoms with van der Waals surface area (Å²) >= 11 is 0. The first kappa shape index (κ1) is 20.3. The van der Waals surface area contributed by atoms with E-state index in [1.807, 2.05) is 24.3 Å². The number of primary amides is 2. The van der Waals surface area contributed by atoms with E-state index in [0.29, 0.717) is 18.0 Å². The molecule has 1 aromatic heterocycles. The summed E-state index contributed by atoms with van der Waals surface area (Å²) in [6, 6.07) is 12.0. The van der Waals surface area contributed by atoms with Gasteiger partial charge in [-0.05, 0) is 66.6 Å². The molecule has 170 valence electrons. The number of rotatable bonds is 4. The van der Waals surface area contributed by atoms with Gasteiger partial charge in [0.05, 0.1) is 18.2 Å². The summed E-state index contributed by atoms with van der Waals surface area (Å²) in [6.45, 7) is 0.519. The Labute approximate surface area is 192 Å². The Morgan fingerprint density at radius 2 is 1.85 bits per heavy atom. The van der Waals surface area contributed by atoms with Crippen LogP contribution in [0.4, 0.5) is 0 Å². The molecule has 1 aliphatic heterocycles. The van der Waals surface area contributed by atoms with E-state index >= 15 is 0 Å². The maximum atomic E-state index is 12.8. The largest absolute Gasteiger partial charge is 0.497 e. The lowest BCUT2D eigenvalue weighted by Crippen LogP contribution is -2.30. The van der Waals surface area contributed by atoms with Gasteiger partial charge in [-0.25, -0.2) is 0 Å². The van der Waals surface area contributed by atoms with E-state index in [9.17, 15) is 9.59 Å². The normalized spacial score (nSPS) is 23.8. The Bertz CT molecular complexity index is 1320. The predicted molar refractivity (Wildman–Crippen MR) is 127 cm³/mol. The molecule has 2 aliphatic carbocycles. The fraction of sp³-hybridized carbons (Fsp3) is 0.407. The number of aromatic nitrogens is 1. The van der Waals surface area contributed by atoms with Gasteiger partial charge in [-0.2, -0.15) is 0 Å². The number of nitrogens with zero attached hydrogens (tertiary/aromatic N) is 1. The summed E-state index contributed by atoms with van der Waals surface area (Å²) in [5.74, 6) is 0.610. The summed E-state index contributed by atoms with van der Waals surface area (Å²) in [6.07, 6.45) is 6.75. The number of ether oxygens (including phenoxy) is 1. The summed E-state index contributed by atoms with van der Waals surface area (Å²) in [5, 5.41) is 1.15. The molecule has 6 nitrogen and oxygen atoms in total. The number of hydrogen-bond donors (Lipinski definition) is 2. The highest BCUT2D eigenvalue weighted by molar-refractivity contribution is 6.01. The van der Waals surface area contributed by atoms with Gasteiger partial charge in [0, 0.05) is 34.5 Å². The van der Waals surface area contributed by atoms with Crippen LogP contribution in [0.5, 0.6) is 5.75 Å². The van der Waals surface area contributed by atoms with Crippen molar-refractivity contribution in [2.24, 2.45) is 16.9 Å². The van der Waals surface area contributed by atoms with E-state index in [0.717, 1.165) is 47.0 Å². The van der Waals surface area contributed by atoms with Crippen LogP contribution in [-0.2, 0) is 11.3 Å². The minimum Gasteiger partial charge on any atom is -0.497 e. The highest BCUT2D eigenvalue weighted by atomic mass is 16.5. The molecule has 0 spiro atoms. The molecule has 2 saturated carbocycles. The molecule has 33 heavy (non-hydrogen) atoms. The Kier molecular flexibility index (Phi) is 4.38. The monoisotopic (exact) mass is 443 g/mol. The van der Waals surface area contributed by atoms with Crippen LogP contribution in [0.3, 0.4) is 0 Å². The maximum absolute atomic E-state index is 12.8. The fourth-order valence-electron chi connectivity index (χ4n) is 6.48. The third kappa shape index (κ3) is 2.86. The standard InChI is InChI=1S/C27H29N3O3/c1-33-17-8-10-18-20(12-17)21-13-27(21,26(29)32)14-30-22-11-16(25(28)31)7-9-19(22)23(24(18)30)15-5-3-2-4-6-15/h7-12,15,21H,2-6,13-14H2,1H3,(H2,28,31)(H2,29,32)/t21-,27-/m0/s1. The van der Waals surface area contributed by atoms with Gasteiger partial charge in [-0.3, -0.25) is 9.59 Å². The number of amides is 2. The van der Waals surface area contributed by atoms with Gasteiger partial charge >= 0.3 is 0 Å². The zero-order valence-corrected chi connectivity index (χ0v) is 18.9. The van der Waals surface area contributed by atoms with Crippen LogP contribution in [0.1, 0.15) is 71.8 Å². The van der Waals surface area contributed by atoms with Gasteiger partial charge in [0.25, 0.3) is 0 Å². The number of carbonyl (C=O) groups excluding carboxylic acids is 2. The van der Waals surface area contributed by atoms with E-state index in [-0.39, 0.29) is 11.8 Å². The molecule has 4 N–H and O–H groups in total. The van der Waals surface area contributed by atoms with Crippen LogP contribution in [0.25, 0.3) is 22.2 Å². The van der Waals surface area contributed by atoms with E-state index in [1.54, 1.807) is 7.11 Å². The third-order valence-electron chi connectivity index (χ3n) is 8.30. The quantitative estimate of drug-likeness (QED) is 0.623. The van der Waals surface area contributed by atoms with Crippen molar-refractivity contribution in [3.05, 3.63) is 53.1 Å². The van der Waals surface area contributed by atoms with Crippen LogP contribution in [0.2, 0.25) is 0 Å². The van der Waals surface area contributed by atoms with E-state index in [4.69, 9.17) is 16.2 Å². The van der Waals surface area contributed by atoms with E-state index in [1.165, 1.54) is 30.5 Å². The first-order valence-corrected chi connectivity index (χ1v) is 11.9. The van der Waals surface area contributed by atoms with Gasteiger partial charge in [0.1, 0.15) is 5.75 Å². The Balaban J connectivity index is 1.70. The van der Waals surface area contributed by atoms with Gasteiger partial charge in [0.15, 0.2) is 0 Å². The van der Waals surface area contributed by atoms with Crippen molar-refractivity contribution in [3.8, 4) is 17.0 Å². The average Bonchev–Trinajstić information content (AvgIpc) is 3.50. The number of carbonyl (C=O) groups is 2. The smallest absolute Gasteiger partial charge is 0.248 e. The Morgan fingerprint density at radius 1 is 1.06 bits per heavy atom. The maximum Gasteiger partial charge on any atom is 0.248 e. The predicted octanol–water partition coefficient (Wildman–Crippen LogP) is 4.44. The van der Waals surface area contributed by atoms with Gasteiger partial charge in [-0.1, -0.05) is 25.3 Å². The van der Waals surface area contributed by atoms with Crippen molar-refractivity contribution < 1.29 is 14.3 Å². The van der Waals surface area contributed by atoms with Crippen molar-refractivity contribution in [1.82, 2.24) is 4.57 Å². The molecule has 0 bridgehead atoms. The second kappa shape index (κ2) is 7.11. The third-order valence-corrected chi connectivity index (χ3v) is 8.30. The number of fused-ring (bicyclic) bond motifs is 7. The molecule has 0 radical (unpaired) electrons. The van der Waals surface area contributed by atoms with Gasteiger partial charge < -0.3 is 20.8 Å². The zero-order chi connectivity index (χ0) is 22.9. The molecular weight excluding hydrogens is 414 g/mol. The minimum absolute atomic E-state index is 0.0774. The number of methoxy groups -OCH3 is 1. The summed E-state index contributed by atoms with van der Waals surface area (Å²) < 4.78 is 7.80. The van der Waals surface area contributed by atoms with Crippen LogP contribution in [-0.4, -0.2) is 23.5 Å². The fourth-order valence-corrected chi connectivity index (χ4v) is 6.48. The average molecular weight is 444 g/mol. The molecule has 0 unspecified atom stereocenters. The summed E-state index contributed by atoms with van der Waals surface area (Å²) in [7, 11) is 1.67. The Hall–Kier alpha value is -3.28. The first-order chi connectivity index (χ1) is 15.9. The van der Waals surface area contributed by atoms with E-state index < -0.39 is 11.3 Å². The molecule has 2 aromatic carbocycles. The lowest BCUT2D eigenvalue weighted by atomic mass is 9.81. The highest BCUT2D eigenvalue weighted by Crippen LogP contribution is 2.65. The van der Waals surface area contributed by atoms with Crippen molar-refractivity contribution in [2.45, 2.75) is 56.9 Å². The molecule has 2 atom stereocenters. The van der Waals surface area contributed by atoms with Crippen LogP contribution >= 0.6 is 0 Å². The molecule has 2 fully saturated rings. The molecule has 6 heteroatoms.